The average molecular weight is 263 g/mol. The van der Waals surface area contributed by atoms with E-state index in [1.54, 1.807) is 19.1 Å². The lowest BCUT2D eigenvalue weighted by Gasteiger charge is -2.16. The largest absolute Gasteiger partial charge is 0.463 e. The van der Waals surface area contributed by atoms with Crippen molar-refractivity contribution in [3.63, 3.8) is 0 Å². The summed E-state index contributed by atoms with van der Waals surface area (Å²) in [6, 6.07) is 6.15. The fourth-order valence-electron chi connectivity index (χ4n) is 1.88. The van der Waals surface area contributed by atoms with Crippen molar-refractivity contribution in [1.82, 2.24) is 0 Å². The summed E-state index contributed by atoms with van der Waals surface area (Å²) in [4.78, 5) is 21.8. The summed E-state index contributed by atoms with van der Waals surface area (Å²) in [5.41, 5.74) is 1.23. The van der Waals surface area contributed by atoms with E-state index in [1.165, 1.54) is 12.1 Å². The van der Waals surface area contributed by atoms with Gasteiger partial charge in [0, 0.05) is 23.6 Å². The number of nitro groups is 1. The summed E-state index contributed by atoms with van der Waals surface area (Å²) in [6.45, 7) is 7.73. The zero-order chi connectivity index (χ0) is 14.4. The molecular weight excluding hydrogens is 246 g/mol. The van der Waals surface area contributed by atoms with Gasteiger partial charge in [-0.1, -0.05) is 25.6 Å². The van der Waals surface area contributed by atoms with Crippen LogP contribution in [0.5, 0.6) is 0 Å². The second-order valence-corrected chi connectivity index (χ2v) is 4.06. The Balaban J connectivity index is 2.94. The Morgan fingerprint density at radius 1 is 1.37 bits per heavy atom. The summed E-state index contributed by atoms with van der Waals surface area (Å²) < 4.78 is 4.92. The van der Waals surface area contributed by atoms with Gasteiger partial charge in [0.2, 0.25) is 0 Å². The van der Waals surface area contributed by atoms with Gasteiger partial charge in [-0.05, 0) is 18.9 Å². The van der Waals surface area contributed by atoms with E-state index in [9.17, 15) is 14.9 Å². The highest BCUT2D eigenvalue weighted by Gasteiger charge is 2.20. The third kappa shape index (κ3) is 3.64. The molecule has 1 aromatic carbocycles. The monoisotopic (exact) mass is 263 g/mol. The minimum absolute atomic E-state index is 0.0281. The maximum absolute atomic E-state index is 11.7. The van der Waals surface area contributed by atoms with Gasteiger partial charge in [-0.3, -0.25) is 10.1 Å². The van der Waals surface area contributed by atoms with Gasteiger partial charge in [0.1, 0.15) is 0 Å². The number of carbonyl (C=O) groups excluding carboxylic acids is 1. The molecule has 0 aromatic heterocycles. The van der Waals surface area contributed by atoms with Crippen molar-refractivity contribution < 1.29 is 14.5 Å². The zero-order valence-electron chi connectivity index (χ0n) is 11.1. The van der Waals surface area contributed by atoms with Crippen molar-refractivity contribution in [2.75, 3.05) is 6.61 Å². The van der Waals surface area contributed by atoms with E-state index in [0.717, 1.165) is 5.56 Å². The molecule has 0 aliphatic carbocycles. The highest BCUT2D eigenvalue weighted by molar-refractivity contribution is 5.89. The Labute approximate surface area is 112 Å². The molecular formula is C14H17NO4. The van der Waals surface area contributed by atoms with Gasteiger partial charge in [-0.25, -0.2) is 4.79 Å². The molecule has 0 saturated carbocycles. The Hall–Kier alpha value is -2.17. The summed E-state index contributed by atoms with van der Waals surface area (Å²) in [5, 5.41) is 10.6. The van der Waals surface area contributed by atoms with E-state index in [-0.39, 0.29) is 11.6 Å². The number of hydrogen-bond acceptors (Lipinski definition) is 4. The molecule has 0 spiro atoms. The van der Waals surface area contributed by atoms with E-state index in [0.29, 0.717) is 18.6 Å². The first kappa shape index (κ1) is 14.9. The lowest BCUT2D eigenvalue weighted by Crippen LogP contribution is -2.13. The van der Waals surface area contributed by atoms with Gasteiger partial charge in [-0.15, -0.1) is 0 Å². The molecule has 0 unspecified atom stereocenters. The molecule has 1 aromatic rings. The van der Waals surface area contributed by atoms with Gasteiger partial charge in [0.25, 0.3) is 5.69 Å². The first-order valence-corrected chi connectivity index (χ1v) is 6.11. The Bertz CT molecular complexity index is 479. The fourth-order valence-corrected chi connectivity index (χ4v) is 1.88. The first-order chi connectivity index (χ1) is 9.01. The van der Waals surface area contributed by atoms with Gasteiger partial charge in [0.05, 0.1) is 11.5 Å². The van der Waals surface area contributed by atoms with Gasteiger partial charge >= 0.3 is 5.97 Å². The van der Waals surface area contributed by atoms with Crippen molar-refractivity contribution in [3.05, 3.63) is 52.1 Å². The quantitative estimate of drug-likeness (QED) is 0.342. The van der Waals surface area contributed by atoms with Crippen LogP contribution in [-0.4, -0.2) is 17.5 Å². The van der Waals surface area contributed by atoms with Gasteiger partial charge in [0.15, 0.2) is 0 Å². The van der Waals surface area contributed by atoms with Crippen molar-refractivity contribution in [2.24, 2.45) is 0 Å². The molecule has 102 valence electrons. The van der Waals surface area contributed by atoms with Crippen LogP contribution in [-0.2, 0) is 9.53 Å². The number of ether oxygens (including phenoxy) is 1. The number of nitrogens with zero attached hydrogens (tertiary/aromatic N) is 1. The lowest BCUT2D eigenvalue weighted by atomic mass is 9.89. The van der Waals surface area contributed by atoms with Crippen LogP contribution in [0.2, 0.25) is 0 Å². The number of hydrogen-bond donors (Lipinski definition) is 0. The average Bonchev–Trinajstić information content (AvgIpc) is 2.40. The molecule has 0 N–H and O–H groups in total. The van der Waals surface area contributed by atoms with E-state index < -0.39 is 10.9 Å². The SMILES string of the molecule is C=C(C(=O)OCC)[C@H](CC)c1ccc([N+](=O)[O-])cc1. The van der Waals surface area contributed by atoms with Crippen molar-refractivity contribution in [1.29, 1.82) is 0 Å². The van der Waals surface area contributed by atoms with E-state index in [4.69, 9.17) is 4.74 Å². The number of non-ortho nitro benzene ring substituents is 1. The Morgan fingerprint density at radius 3 is 2.37 bits per heavy atom. The minimum atomic E-state index is -0.453. The Kier molecular flexibility index (Phi) is 5.23. The van der Waals surface area contributed by atoms with E-state index >= 15 is 0 Å². The predicted molar refractivity (Wildman–Crippen MR) is 71.9 cm³/mol. The molecule has 5 nitrogen and oxygen atoms in total. The normalized spacial score (nSPS) is 11.7. The lowest BCUT2D eigenvalue weighted by molar-refractivity contribution is -0.384. The Morgan fingerprint density at radius 2 is 1.95 bits per heavy atom. The number of carbonyl (C=O) groups is 1. The summed E-state index contributed by atoms with van der Waals surface area (Å²) in [6.07, 6.45) is 0.676. The van der Waals surface area contributed by atoms with E-state index in [1.807, 2.05) is 6.92 Å². The molecule has 0 fully saturated rings. The van der Waals surface area contributed by atoms with Gasteiger partial charge < -0.3 is 4.74 Å². The summed E-state index contributed by atoms with van der Waals surface area (Å²) in [7, 11) is 0. The molecule has 0 bridgehead atoms. The molecule has 19 heavy (non-hydrogen) atoms. The predicted octanol–water partition coefficient (Wildman–Crippen LogP) is 3.21. The van der Waals surface area contributed by atoms with Crippen LogP contribution in [0.25, 0.3) is 0 Å². The number of esters is 1. The molecule has 0 radical (unpaired) electrons. The molecule has 0 saturated heterocycles. The summed E-state index contributed by atoms with van der Waals surface area (Å²) >= 11 is 0. The second kappa shape index (κ2) is 6.68. The van der Waals surface area contributed by atoms with Crippen molar-refractivity contribution in [2.45, 2.75) is 26.2 Å². The molecule has 0 amide bonds. The molecule has 5 heteroatoms. The molecule has 0 aliphatic rings. The number of rotatable bonds is 6. The van der Waals surface area contributed by atoms with Crippen LogP contribution in [0.15, 0.2) is 36.4 Å². The van der Waals surface area contributed by atoms with Crippen LogP contribution in [0.3, 0.4) is 0 Å². The maximum Gasteiger partial charge on any atom is 0.334 e. The number of nitro benzene ring substituents is 1. The van der Waals surface area contributed by atoms with E-state index in [2.05, 4.69) is 6.58 Å². The third-order valence-corrected chi connectivity index (χ3v) is 2.87. The molecule has 1 rings (SSSR count). The first-order valence-electron chi connectivity index (χ1n) is 6.11. The molecule has 0 heterocycles. The van der Waals surface area contributed by atoms with Gasteiger partial charge in [-0.2, -0.15) is 0 Å². The van der Waals surface area contributed by atoms with Crippen molar-refractivity contribution in [3.8, 4) is 0 Å². The smallest absolute Gasteiger partial charge is 0.334 e. The zero-order valence-corrected chi connectivity index (χ0v) is 11.1. The second-order valence-electron chi connectivity index (χ2n) is 4.06. The molecule has 1 atom stereocenters. The fraction of sp³-hybridized carbons (Fsp3) is 0.357. The minimum Gasteiger partial charge on any atom is -0.463 e. The standard InChI is InChI=1S/C14H17NO4/c1-4-13(10(3)14(16)19-5-2)11-6-8-12(9-7-11)15(17)18/h6-9,13H,3-5H2,1-2H3/t13-/m0/s1. The van der Waals surface area contributed by atoms with Crippen LogP contribution < -0.4 is 0 Å². The third-order valence-electron chi connectivity index (χ3n) is 2.87. The maximum atomic E-state index is 11.7. The summed E-state index contributed by atoms with van der Waals surface area (Å²) in [5.74, 6) is -0.604. The van der Waals surface area contributed by atoms with Crippen LogP contribution in [0.1, 0.15) is 31.7 Å². The molecule has 0 aliphatic heterocycles. The van der Waals surface area contributed by atoms with Crippen LogP contribution in [0.4, 0.5) is 5.69 Å². The number of benzene rings is 1. The highest BCUT2D eigenvalue weighted by atomic mass is 16.6. The van der Waals surface area contributed by atoms with Crippen LogP contribution >= 0.6 is 0 Å². The van der Waals surface area contributed by atoms with Crippen LogP contribution in [0, 0.1) is 10.1 Å². The van der Waals surface area contributed by atoms with Crippen molar-refractivity contribution >= 4 is 11.7 Å². The topological polar surface area (TPSA) is 69.4 Å². The highest BCUT2D eigenvalue weighted by Crippen LogP contribution is 2.28.